The third-order valence-corrected chi connectivity index (χ3v) is 12.9. The molecule has 0 saturated carbocycles. The maximum Gasteiger partial charge on any atom is 0.149 e. The zero-order valence-corrected chi connectivity index (χ0v) is 40.7. The average Bonchev–Trinajstić information content (AvgIpc) is 1.11. The second-order valence-corrected chi connectivity index (χ2v) is 21.4. The highest BCUT2D eigenvalue weighted by Gasteiger charge is 2.30. The lowest BCUT2D eigenvalue weighted by atomic mass is 9.78. The molecule has 1 N–H and O–H groups in total. The van der Waals surface area contributed by atoms with E-state index in [1.54, 1.807) is 12.1 Å². The molecule has 67 heavy (non-hydrogen) atoms. The molecule has 0 saturated heterocycles. The maximum atomic E-state index is 12.7. The van der Waals surface area contributed by atoms with E-state index < -0.39 is 95.9 Å². The topological polar surface area (TPSA) is 50.9 Å². The molecule has 6 aromatic carbocycles. The SMILES string of the molecule is [2H]c1nc(-c2cc(-c3cccc4c3nc(-c3cc(C(C)(C)C)cc(C(C)(C)C)c3O)n4-c3ccc(C(C)(C)CC)cc3-c3ccccc3)cc(C(C)(C)C)c2)c([2H])c(-c2c([2H])c([2H])c(C(C([2H])([2H])[2H])(C([2H])([2H])[2H])C([2H])([2H])[2H])c([2H])c2[2H])c1[2H]. The Morgan fingerprint density at radius 2 is 1.21 bits per heavy atom. The van der Waals surface area contributed by atoms with Crippen LogP contribution in [0.1, 0.15) is 160 Å². The number of phenols is 1. The molecule has 344 valence electrons. The Morgan fingerprint density at radius 1 is 0.552 bits per heavy atom. The van der Waals surface area contributed by atoms with Crippen molar-refractivity contribution in [3.8, 4) is 67.5 Å². The number of hydrogen-bond acceptors (Lipinski definition) is 3. The summed E-state index contributed by atoms with van der Waals surface area (Å²) in [6.45, 7) is 13.4. The van der Waals surface area contributed by atoms with Crippen molar-refractivity contribution >= 4 is 11.0 Å². The van der Waals surface area contributed by atoms with Crippen LogP contribution in [-0.2, 0) is 27.1 Å². The lowest BCUT2D eigenvalue weighted by Crippen LogP contribution is -2.17. The van der Waals surface area contributed by atoms with Gasteiger partial charge in [-0.3, -0.25) is 9.55 Å². The van der Waals surface area contributed by atoms with Crippen LogP contribution in [-0.4, -0.2) is 19.6 Å². The fourth-order valence-corrected chi connectivity index (χ4v) is 8.33. The second-order valence-electron chi connectivity index (χ2n) is 21.4. The lowest BCUT2D eigenvalue weighted by molar-refractivity contribution is 0.446. The Morgan fingerprint density at radius 3 is 1.85 bits per heavy atom. The Kier molecular flexibility index (Phi) is 7.90. The minimum Gasteiger partial charge on any atom is -0.507 e. The first-order chi connectivity index (χ1) is 38.0. The van der Waals surface area contributed by atoms with Gasteiger partial charge in [-0.05, 0) is 126 Å². The molecular weight excluding hydrogens is 815 g/mol. The van der Waals surface area contributed by atoms with Gasteiger partial charge >= 0.3 is 0 Å². The van der Waals surface area contributed by atoms with Crippen molar-refractivity contribution in [2.24, 2.45) is 0 Å². The highest BCUT2D eigenvalue weighted by molar-refractivity contribution is 5.98. The van der Waals surface area contributed by atoms with Gasteiger partial charge in [0.25, 0.3) is 0 Å². The number of benzene rings is 6. The largest absolute Gasteiger partial charge is 0.507 e. The number of aromatic hydroxyl groups is 1. The Hall–Kier alpha value is -6.26. The van der Waals surface area contributed by atoms with Crippen LogP contribution in [0.4, 0.5) is 0 Å². The molecule has 8 aromatic rings. The summed E-state index contributed by atoms with van der Waals surface area (Å²) in [6, 6.07) is 25.8. The summed E-state index contributed by atoms with van der Waals surface area (Å²) in [5, 5.41) is 12.7. The Labute approximate surface area is 423 Å². The van der Waals surface area contributed by atoms with Crippen molar-refractivity contribution in [2.75, 3.05) is 0 Å². The summed E-state index contributed by atoms with van der Waals surface area (Å²) >= 11 is 0. The van der Waals surface area contributed by atoms with E-state index in [1.165, 1.54) is 0 Å². The number of fused-ring (bicyclic) bond motifs is 1. The van der Waals surface area contributed by atoms with Crippen LogP contribution in [0.3, 0.4) is 0 Å². The number of aromatic nitrogens is 3. The Balaban J connectivity index is 1.48. The molecule has 0 atom stereocenters. The van der Waals surface area contributed by atoms with Crippen molar-refractivity contribution in [1.29, 1.82) is 0 Å². The normalized spacial score (nSPS) is 16.8. The maximum absolute atomic E-state index is 12.7. The highest BCUT2D eigenvalue weighted by Crippen LogP contribution is 2.46. The van der Waals surface area contributed by atoms with Gasteiger partial charge in [-0.1, -0.05) is 188 Å². The number of phenolic OH excluding ortho intramolecular Hbond substituents is 1. The van der Waals surface area contributed by atoms with Crippen molar-refractivity contribution in [2.45, 2.75) is 137 Å². The first-order valence-corrected chi connectivity index (χ1v) is 22.9. The summed E-state index contributed by atoms with van der Waals surface area (Å²) in [7, 11) is 0. The van der Waals surface area contributed by atoms with Gasteiger partial charge in [-0.15, -0.1) is 0 Å². The number of para-hydroxylation sites is 1. The van der Waals surface area contributed by atoms with Crippen LogP contribution in [0, 0.1) is 0 Å². The van der Waals surface area contributed by atoms with E-state index in [1.807, 2.05) is 69.3 Å². The molecule has 0 spiro atoms. The van der Waals surface area contributed by atoms with E-state index in [9.17, 15) is 9.22 Å². The number of nitrogens with zero attached hydrogens (tertiary/aromatic N) is 3. The number of hydrogen-bond donors (Lipinski definition) is 1. The van der Waals surface area contributed by atoms with Gasteiger partial charge in [0, 0.05) is 40.8 Å². The Bertz CT molecular complexity index is 3800. The molecule has 0 aliphatic carbocycles. The van der Waals surface area contributed by atoms with Gasteiger partial charge in [0.1, 0.15) is 11.6 Å². The summed E-state index contributed by atoms with van der Waals surface area (Å²) < 4.78 is 141. The first kappa shape index (κ1) is 30.9. The van der Waals surface area contributed by atoms with E-state index in [0.717, 1.165) is 45.5 Å². The lowest BCUT2D eigenvalue weighted by Gasteiger charge is -2.28. The van der Waals surface area contributed by atoms with E-state index in [0.29, 0.717) is 33.5 Å². The van der Waals surface area contributed by atoms with E-state index in [-0.39, 0.29) is 27.8 Å². The molecule has 4 heteroatoms. The van der Waals surface area contributed by atoms with Crippen molar-refractivity contribution in [3.05, 3.63) is 167 Å². The quantitative estimate of drug-likeness (QED) is 0.165. The summed E-state index contributed by atoms with van der Waals surface area (Å²) in [5.41, 5.74) is 1.11. The minimum absolute atomic E-state index is 0.0852. The first-order valence-electron chi connectivity index (χ1n) is 30.9. The number of imidazole rings is 1. The van der Waals surface area contributed by atoms with Gasteiger partial charge in [0.15, 0.2) is 0 Å². The van der Waals surface area contributed by atoms with Crippen LogP contribution < -0.4 is 0 Å². The molecular formula is C63H71N3O. The van der Waals surface area contributed by atoms with Gasteiger partial charge in [-0.2, -0.15) is 0 Å². The van der Waals surface area contributed by atoms with E-state index in [2.05, 4.69) is 108 Å². The molecule has 2 aromatic heterocycles. The molecule has 8 rings (SSSR count). The number of pyridine rings is 1. The molecule has 0 aliphatic heterocycles. The monoisotopic (exact) mass is 902 g/mol. The predicted octanol–water partition coefficient (Wildman–Crippen LogP) is 17.3. The van der Waals surface area contributed by atoms with Crippen LogP contribution in [0.15, 0.2) is 139 Å². The number of rotatable bonds is 8. The summed E-state index contributed by atoms with van der Waals surface area (Å²) in [6.07, 6.45) is 0.160. The third kappa shape index (κ3) is 9.38. The molecule has 0 bridgehead atoms. The molecule has 4 nitrogen and oxygen atoms in total. The fourth-order valence-electron chi connectivity index (χ4n) is 8.33. The van der Waals surface area contributed by atoms with Gasteiger partial charge < -0.3 is 5.11 Å². The summed E-state index contributed by atoms with van der Waals surface area (Å²) in [5.74, 6) is 0.555. The molecule has 2 heterocycles. The van der Waals surface area contributed by atoms with Crippen molar-refractivity contribution in [3.63, 3.8) is 0 Å². The van der Waals surface area contributed by atoms with Crippen molar-refractivity contribution < 1.29 is 27.0 Å². The smallest absolute Gasteiger partial charge is 0.149 e. The zero-order chi connectivity index (χ0) is 62.0. The highest BCUT2D eigenvalue weighted by atomic mass is 16.3. The van der Waals surface area contributed by atoms with Crippen LogP contribution in [0.2, 0.25) is 0 Å². The van der Waals surface area contributed by atoms with Crippen molar-refractivity contribution in [1.82, 2.24) is 14.5 Å². The summed E-state index contributed by atoms with van der Waals surface area (Å²) in [4.78, 5) is 10.0. The molecule has 0 amide bonds. The van der Waals surface area contributed by atoms with Gasteiger partial charge in [0.2, 0.25) is 0 Å². The van der Waals surface area contributed by atoms with E-state index >= 15 is 0 Å². The second kappa shape index (κ2) is 17.1. The predicted molar refractivity (Wildman–Crippen MR) is 286 cm³/mol. The minimum atomic E-state index is -3.92. The van der Waals surface area contributed by atoms with E-state index in [4.69, 9.17) is 22.8 Å². The fraction of sp³-hybridized carbons (Fsp3) is 0.333. The molecule has 0 unspecified atom stereocenters. The van der Waals surface area contributed by atoms with Crippen LogP contribution >= 0.6 is 0 Å². The standard InChI is InChI=1S/C63H71N3O/c1-16-63(14,15)46-29-30-54(50(37-46)41-21-18-17-19-22-41)66-55-24-20-23-49(56(55)65-58(66)51-38-48(61(8,9)10)39-52(57(51)67)62(11,12)13)43-33-44(35-47(34-43)60(5,6)7)53-36-42(31-32-64-53)40-25-27-45(28-26-40)59(2,3)4/h17-39,67H,16H2,1-15H3/i2D3,3D3,4D3,25D,26D,27D,28D,31D,32D,36D. The third-order valence-electron chi connectivity index (χ3n) is 12.9. The molecule has 0 aliphatic rings. The van der Waals surface area contributed by atoms with Gasteiger partial charge in [-0.25, -0.2) is 4.98 Å². The molecule has 0 fully saturated rings. The zero-order valence-electron chi connectivity index (χ0n) is 56.7. The molecule has 0 radical (unpaired) electrons. The average molecular weight is 902 g/mol. The van der Waals surface area contributed by atoms with Gasteiger partial charge in [0.05, 0.1) is 37.6 Å². The van der Waals surface area contributed by atoms with Crippen LogP contribution in [0.25, 0.3) is 72.7 Å². The van der Waals surface area contributed by atoms with Crippen LogP contribution in [0.5, 0.6) is 5.75 Å².